The summed E-state index contributed by atoms with van der Waals surface area (Å²) < 4.78 is 9.17. The Hall–Kier alpha value is -6.02. The Morgan fingerprint density at radius 1 is 0.569 bits per heavy atom. The lowest BCUT2D eigenvalue weighted by atomic mass is 9.96. The molecule has 246 valence electrons. The summed E-state index contributed by atoms with van der Waals surface area (Å²) in [5.74, 6) is 0. The van der Waals surface area contributed by atoms with Crippen LogP contribution in [0.5, 0.6) is 0 Å². The van der Waals surface area contributed by atoms with Crippen molar-refractivity contribution in [2.45, 2.75) is 26.6 Å². The highest BCUT2D eigenvalue weighted by molar-refractivity contribution is 6.89. The van der Waals surface area contributed by atoms with Crippen LogP contribution in [-0.2, 0) is 7.05 Å². The molecule has 2 heterocycles. The Morgan fingerprint density at radius 2 is 1.06 bits per heavy atom. The zero-order valence-electron chi connectivity index (χ0n) is 29.7. The molecule has 0 saturated carbocycles. The summed E-state index contributed by atoms with van der Waals surface area (Å²) >= 11 is 0. The molecule has 6 aromatic carbocycles. The summed E-state index contributed by atoms with van der Waals surface area (Å²) in [6.07, 6.45) is 2.35. The van der Waals surface area contributed by atoms with Crippen LogP contribution in [0.15, 0.2) is 150 Å². The molecular weight excluding hydrogens is 637 g/mol. The topological polar surface area (TPSA) is 21.4 Å². The third-order valence-corrected chi connectivity index (χ3v) is 12.1. The van der Waals surface area contributed by atoms with Gasteiger partial charge in [0.1, 0.15) is 18.2 Å². The molecule has 8 aromatic rings. The smallest absolute Gasteiger partial charge is 0.216 e. The lowest BCUT2D eigenvalue weighted by Gasteiger charge is -2.21. The van der Waals surface area contributed by atoms with Crippen LogP contribution < -0.4 is 9.75 Å². The van der Waals surface area contributed by atoms with Gasteiger partial charge in [-0.25, -0.2) is 9.41 Å². The van der Waals surface area contributed by atoms with Crippen LogP contribution in [0, 0.1) is 13.5 Å². The van der Waals surface area contributed by atoms with Gasteiger partial charge in [-0.2, -0.15) is 0 Å². The van der Waals surface area contributed by atoms with E-state index in [4.69, 9.17) is 11.0 Å². The van der Waals surface area contributed by atoms with E-state index in [-0.39, 0.29) is 0 Å². The van der Waals surface area contributed by atoms with Crippen molar-refractivity contribution < 1.29 is 8.98 Å². The number of furan rings is 1. The summed E-state index contributed by atoms with van der Waals surface area (Å²) in [6, 6.07) is 49.2. The van der Waals surface area contributed by atoms with Crippen molar-refractivity contribution in [3.63, 3.8) is 0 Å². The molecule has 4 heteroatoms. The van der Waals surface area contributed by atoms with Crippen molar-refractivity contribution in [3.8, 4) is 55.8 Å². The lowest BCUT2D eigenvalue weighted by molar-refractivity contribution is -0.659. The summed E-state index contributed by atoms with van der Waals surface area (Å²) in [7, 11) is 0.397. The minimum absolute atomic E-state index is 0.592. The predicted octanol–water partition coefficient (Wildman–Crippen LogP) is 12.1. The van der Waals surface area contributed by atoms with Gasteiger partial charge >= 0.3 is 0 Å². The van der Waals surface area contributed by atoms with Crippen LogP contribution in [0.2, 0.25) is 19.6 Å². The van der Waals surface area contributed by atoms with E-state index in [0.29, 0.717) is 5.69 Å². The number of pyridine rings is 1. The molecule has 0 spiro atoms. The first-order chi connectivity index (χ1) is 24.7. The Bertz CT molecular complexity index is 2610. The van der Waals surface area contributed by atoms with E-state index in [0.717, 1.165) is 49.9 Å². The van der Waals surface area contributed by atoms with Gasteiger partial charge in [-0.3, -0.25) is 0 Å². The van der Waals surface area contributed by atoms with Crippen molar-refractivity contribution in [1.29, 1.82) is 0 Å². The maximum absolute atomic E-state index is 7.94. The zero-order chi connectivity index (χ0) is 35.3. The Morgan fingerprint density at radius 3 is 1.61 bits per heavy atom. The number of hydrogen-bond donors (Lipinski definition) is 0. The fourth-order valence-corrected chi connectivity index (χ4v) is 8.95. The monoisotopic (exact) mass is 675 g/mol. The molecule has 0 bridgehead atoms. The minimum atomic E-state index is -1.75. The summed E-state index contributed by atoms with van der Waals surface area (Å²) in [6.45, 7) is 17.4. The zero-order valence-corrected chi connectivity index (χ0v) is 30.7. The van der Waals surface area contributed by atoms with E-state index in [1.54, 1.807) is 0 Å². The lowest BCUT2D eigenvalue weighted by Crippen LogP contribution is -2.46. The van der Waals surface area contributed by atoms with Gasteiger partial charge in [0.2, 0.25) is 5.69 Å². The standard InChI is InChI=1S/C47H39N2OSi/c1-31-17-26-38-39-27-28-41(48-2)45(37-15-11-8-12-16-37)47(39)50-46(38)44(31)42-29-40(43(30-49(42)3)51(4,5)6)36-24-22-35(23-25-36)34-20-18-33(19-21-34)32-13-9-7-10-14-32/h7-30H,1,3-6H3/q+1. The van der Waals surface area contributed by atoms with Crippen molar-refractivity contribution >= 4 is 40.9 Å². The van der Waals surface area contributed by atoms with Gasteiger partial charge in [0.05, 0.1) is 20.2 Å². The first-order valence-electron chi connectivity index (χ1n) is 17.4. The molecule has 0 N–H and O–H groups in total. The first-order valence-corrected chi connectivity index (χ1v) is 20.9. The van der Waals surface area contributed by atoms with Gasteiger partial charge < -0.3 is 4.42 Å². The Balaban J connectivity index is 1.27. The molecule has 51 heavy (non-hydrogen) atoms. The Labute approximate surface area is 300 Å². The Kier molecular flexibility index (Phi) is 8.02. The summed E-state index contributed by atoms with van der Waals surface area (Å²) in [4.78, 5) is 3.89. The number of fused-ring (bicyclic) bond motifs is 3. The number of benzene rings is 6. The van der Waals surface area contributed by atoms with Gasteiger partial charge in [0.25, 0.3) is 0 Å². The second-order valence-electron chi connectivity index (χ2n) is 14.4. The predicted molar refractivity (Wildman–Crippen MR) is 216 cm³/mol. The molecule has 0 aliphatic carbocycles. The molecule has 8 rings (SSSR count). The quantitative estimate of drug-likeness (QED) is 0.0976. The highest BCUT2D eigenvalue weighted by Crippen LogP contribution is 2.44. The first kappa shape index (κ1) is 32.2. The molecule has 0 saturated heterocycles. The van der Waals surface area contributed by atoms with Crippen LogP contribution in [0.25, 0.3) is 82.5 Å². The number of hydrogen-bond acceptors (Lipinski definition) is 1. The molecule has 0 amide bonds. The maximum atomic E-state index is 7.94. The maximum Gasteiger partial charge on any atom is 0.216 e. The second-order valence-corrected chi connectivity index (χ2v) is 19.5. The second kappa shape index (κ2) is 12.7. The third-order valence-electron chi connectivity index (χ3n) is 10.0. The van der Waals surface area contributed by atoms with Crippen LogP contribution in [0.4, 0.5) is 5.69 Å². The van der Waals surface area contributed by atoms with Crippen molar-refractivity contribution in [3.05, 3.63) is 163 Å². The highest BCUT2D eigenvalue weighted by Gasteiger charge is 2.29. The number of nitrogens with zero attached hydrogens (tertiary/aromatic N) is 2. The molecule has 0 aliphatic heterocycles. The van der Waals surface area contributed by atoms with Crippen molar-refractivity contribution in [1.82, 2.24) is 0 Å². The molecule has 0 atom stereocenters. The van der Waals surface area contributed by atoms with E-state index in [1.807, 2.05) is 30.3 Å². The SMILES string of the molecule is [C-]#[N+]c1ccc2c(oc3c(-c4cc(-c5ccc(-c6ccc(-c7ccccc7)cc6)cc5)c([Si](C)(C)C)c[n+]4C)c(C)ccc32)c1-c1ccccc1. The van der Waals surface area contributed by atoms with E-state index in [1.165, 1.54) is 38.6 Å². The van der Waals surface area contributed by atoms with E-state index in [9.17, 15) is 0 Å². The van der Waals surface area contributed by atoms with Crippen molar-refractivity contribution in [2.75, 3.05) is 0 Å². The number of aryl methyl sites for hydroxylation is 2. The molecule has 0 fully saturated rings. The average molecular weight is 676 g/mol. The van der Waals surface area contributed by atoms with Crippen molar-refractivity contribution in [2.24, 2.45) is 7.05 Å². The van der Waals surface area contributed by atoms with E-state index < -0.39 is 8.07 Å². The average Bonchev–Trinajstić information content (AvgIpc) is 3.53. The van der Waals surface area contributed by atoms with E-state index >= 15 is 0 Å². The van der Waals surface area contributed by atoms with Gasteiger partial charge in [-0.1, -0.05) is 153 Å². The summed E-state index contributed by atoms with van der Waals surface area (Å²) in [5, 5.41) is 3.49. The van der Waals surface area contributed by atoms with Gasteiger partial charge in [-0.05, 0) is 51.4 Å². The fraction of sp³-hybridized carbons (Fsp3) is 0.106. The normalized spacial score (nSPS) is 11.6. The number of aromatic nitrogens is 1. The largest absolute Gasteiger partial charge is 0.456 e. The molecular formula is C47H39N2OSi+. The molecule has 0 aliphatic rings. The van der Waals surface area contributed by atoms with Gasteiger partial charge in [-0.15, -0.1) is 0 Å². The highest BCUT2D eigenvalue weighted by atomic mass is 28.3. The fourth-order valence-electron chi connectivity index (χ4n) is 7.35. The van der Waals surface area contributed by atoms with Gasteiger partial charge in [0, 0.05) is 27.6 Å². The van der Waals surface area contributed by atoms with E-state index in [2.05, 4.69) is 158 Å². The van der Waals surface area contributed by atoms with Crippen LogP contribution >= 0.6 is 0 Å². The molecule has 3 nitrogen and oxygen atoms in total. The van der Waals surface area contributed by atoms with Crippen LogP contribution in [0.3, 0.4) is 0 Å². The molecule has 0 unspecified atom stereocenters. The minimum Gasteiger partial charge on any atom is -0.456 e. The van der Waals surface area contributed by atoms with Gasteiger partial charge in [0.15, 0.2) is 11.9 Å². The molecule has 0 radical (unpaired) electrons. The summed E-state index contributed by atoms with van der Waals surface area (Å²) in [5.41, 5.74) is 14.7. The van der Waals surface area contributed by atoms with Crippen LogP contribution in [0.1, 0.15) is 5.56 Å². The number of rotatable bonds is 6. The third kappa shape index (κ3) is 5.76. The molecule has 2 aromatic heterocycles. The van der Waals surface area contributed by atoms with Crippen LogP contribution in [-0.4, -0.2) is 8.07 Å².